The molecule has 0 spiro atoms. The number of nitrogens with zero attached hydrogens (tertiary/aromatic N) is 1. The van der Waals surface area contributed by atoms with Crippen LogP contribution in [0.3, 0.4) is 0 Å². The van der Waals surface area contributed by atoms with Crippen LogP contribution < -0.4 is 16.0 Å². The molecule has 27 heavy (non-hydrogen) atoms. The topological polar surface area (TPSA) is 83.1 Å². The van der Waals surface area contributed by atoms with E-state index >= 15 is 0 Å². The smallest absolute Gasteiger partial charge is 0.257 e. The van der Waals surface area contributed by atoms with Crippen LogP contribution in [0.5, 0.6) is 0 Å². The van der Waals surface area contributed by atoms with Gasteiger partial charge in [-0.1, -0.05) is 18.2 Å². The Morgan fingerprint density at radius 3 is 2.22 bits per heavy atom. The van der Waals surface area contributed by atoms with Gasteiger partial charge >= 0.3 is 0 Å². The second-order valence-electron chi connectivity index (χ2n) is 6.14. The number of anilines is 4. The summed E-state index contributed by atoms with van der Waals surface area (Å²) in [5.41, 5.74) is 3.77. The Hall–Kier alpha value is -3.67. The molecule has 136 valence electrons. The molecule has 0 atom stereocenters. The predicted molar refractivity (Wildman–Crippen MR) is 107 cm³/mol. The lowest BCUT2D eigenvalue weighted by Crippen LogP contribution is -2.12. The summed E-state index contributed by atoms with van der Waals surface area (Å²) in [4.78, 5) is 27.8. The maximum absolute atomic E-state index is 12.3. The number of aromatic nitrogens is 1. The summed E-state index contributed by atoms with van der Waals surface area (Å²) in [5, 5.41) is 8.73. The van der Waals surface area contributed by atoms with Gasteiger partial charge in [0.15, 0.2) is 0 Å². The SMILES string of the molecule is CC(=O)Nc1cccc(Nc2ccc(C(=O)Nc3cccc(C)c3)cn2)c1. The van der Waals surface area contributed by atoms with Gasteiger partial charge in [-0.25, -0.2) is 4.98 Å². The van der Waals surface area contributed by atoms with Gasteiger partial charge in [0, 0.05) is 30.2 Å². The number of carbonyl (C=O) groups is 2. The predicted octanol–water partition coefficient (Wildman–Crippen LogP) is 4.34. The van der Waals surface area contributed by atoms with Crippen LogP contribution in [0.15, 0.2) is 66.9 Å². The van der Waals surface area contributed by atoms with E-state index < -0.39 is 0 Å². The van der Waals surface area contributed by atoms with Gasteiger partial charge in [0.2, 0.25) is 5.91 Å². The molecular weight excluding hydrogens is 340 g/mol. The molecule has 1 aromatic heterocycles. The van der Waals surface area contributed by atoms with Gasteiger partial charge in [-0.05, 0) is 55.0 Å². The maximum atomic E-state index is 12.3. The molecule has 0 fully saturated rings. The van der Waals surface area contributed by atoms with Crippen molar-refractivity contribution < 1.29 is 9.59 Å². The number of hydrogen-bond acceptors (Lipinski definition) is 4. The van der Waals surface area contributed by atoms with Gasteiger partial charge in [-0.15, -0.1) is 0 Å². The summed E-state index contributed by atoms with van der Waals surface area (Å²) in [6.45, 7) is 3.43. The van der Waals surface area contributed by atoms with Gasteiger partial charge < -0.3 is 16.0 Å². The molecule has 0 aliphatic rings. The first-order valence-electron chi connectivity index (χ1n) is 8.48. The van der Waals surface area contributed by atoms with Gasteiger partial charge in [-0.2, -0.15) is 0 Å². The van der Waals surface area contributed by atoms with E-state index in [9.17, 15) is 9.59 Å². The fraction of sp³-hybridized carbons (Fsp3) is 0.0952. The Labute approximate surface area is 157 Å². The lowest BCUT2D eigenvalue weighted by atomic mass is 10.2. The van der Waals surface area contributed by atoms with E-state index in [1.165, 1.54) is 13.1 Å². The van der Waals surface area contributed by atoms with Crippen molar-refractivity contribution in [1.82, 2.24) is 4.98 Å². The van der Waals surface area contributed by atoms with Crippen molar-refractivity contribution in [3.8, 4) is 0 Å². The van der Waals surface area contributed by atoms with E-state index in [1.807, 2.05) is 43.3 Å². The second kappa shape index (κ2) is 8.14. The molecule has 0 radical (unpaired) electrons. The van der Waals surface area contributed by atoms with E-state index in [2.05, 4.69) is 20.9 Å². The minimum Gasteiger partial charge on any atom is -0.340 e. The van der Waals surface area contributed by atoms with E-state index in [0.29, 0.717) is 17.1 Å². The number of benzene rings is 2. The first kappa shape index (κ1) is 18.1. The summed E-state index contributed by atoms with van der Waals surface area (Å²) in [5.74, 6) is 0.253. The van der Waals surface area contributed by atoms with E-state index in [1.54, 1.807) is 24.3 Å². The number of rotatable bonds is 5. The highest BCUT2D eigenvalue weighted by Gasteiger charge is 2.07. The molecular formula is C21H20N4O2. The number of pyridine rings is 1. The average Bonchev–Trinajstić information content (AvgIpc) is 2.62. The third kappa shape index (κ3) is 5.15. The van der Waals surface area contributed by atoms with Crippen molar-refractivity contribution >= 4 is 34.7 Å². The highest BCUT2D eigenvalue weighted by molar-refractivity contribution is 6.04. The highest BCUT2D eigenvalue weighted by atomic mass is 16.2. The summed E-state index contributed by atoms with van der Waals surface area (Å²) in [6.07, 6.45) is 1.52. The molecule has 0 aliphatic heterocycles. The van der Waals surface area contributed by atoms with E-state index in [-0.39, 0.29) is 11.8 Å². The van der Waals surface area contributed by atoms with Crippen LogP contribution >= 0.6 is 0 Å². The van der Waals surface area contributed by atoms with Crippen molar-refractivity contribution in [3.63, 3.8) is 0 Å². The number of nitrogens with one attached hydrogen (secondary N) is 3. The second-order valence-corrected chi connectivity index (χ2v) is 6.14. The summed E-state index contributed by atoms with van der Waals surface area (Å²) >= 11 is 0. The molecule has 3 aromatic rings. The molecule has 6 heteroatoms. The Kier molecular flexibility index (Phi) is 5.47. The Morgan fingerprint density at radius 2 is 1.56 bits per heavy atom. The molecule has 3 rings (SSSR count). The van der Waals surface area contributed by atoms with E-state index in [0.717, 1.165) is 16.9 Å². The Morgan fingerprint density at radius 1 is 0.852 bits per heavy atom. The van der Waals surface area contributed by atoms with E-state index in [4.69, 9.17) is 0 Å². The zero-order valence-electron chi connectivity index (χ0n) is 15.1. The highest BCUT2D eigenvalue weighted by Crippen LogP contribution is 2.19. The number of amides is 2. The molecule has 2 amide bonds. The van der Waals surface area contributed by atoms with Crippen molar-refractivity contribution in [2.45, 2.75) is 13.8 Å². The normalized spacial score (nSPS) is 10.1. The van der Waals surface area contributed by atoms with Crippen LogP contribution in [0.2, 0.25) is 0 Å². The van der Waals surface area contributed by atoms with Crippen molar-refractivity contribution in [1.29, 1.82) is 0 Å². The Bertz CT molecular complexity index is 968. The first-order chi connectivity index (χ1) is 13.0. The van der Waals surface area contributed by atoms with Crippen molar-refractivity contribution in [3.05, 3.63) is 78.0 Å². The van der Waals surface area contributed by atoms with Gasteiger partial charge in [0.1, 0.15) is 5.82 Å². The molecule has 6 nitrogen and oxygen atoms in total. The Balaban J connectivity index is 1.66. The number of carbonyl (C=O) groups excluding carboxylic acids is 2. The lowest BCUT2D eigenvalue weighted by Gasteiger charge is -2.09. The molecule has 1 heterocycles. The molecule has 0 bridgehead atoms. The number of aryl methyl sites for hydroxylation is 1. The van der Waals surface area contributed by atoms with Crippen molar-refractivity contribution in [2.24, 2.45) is 0 Å². The summed E-state index contributed by atoms with van der Waals surface area (Å²) < 4.78 is 0. The largest absolute Gasteiger partial charge is 0.340 e. The van der Waals surface area contributed by atoms with Crippen LogP contribution in [0.25, 0.3) is 0 Å². The van der Waals surface area contributed by atoms with Crippen LogP contribution in [-0.4, -0.2) is 16.8 Å². The average molecular weight is 360 g/mol. The fourth-order valence-corrected chi connectivity index (χ4v) is 2.55. The van der Waals surface area contributed by atoms with Crippen LogP contribution in [-0.2, 0) is 4.79 Å². The monoisotopic (exact) mass is 360 g/mol. The van der Waals surface area contributed by atoms with Crippen LogP contribution in [0.4, 0.5) is 22.9 Å². The minimum atomic E-state index is -0.215. The van der Waals surface area contributed by atoms with Gasteiger partial charge in [0.25, 0.3) is 5.91 Å². The quantitative estimate of drug-likeness (QED) is 0.632. The molecule has 3 N–H and O–H groups in total. The van der Waals surface area contributed by atoms with Crippen LogP contribution in [0, 0.1) is 6.92 Å². The summed E-state index contributed by atoms with van der Waals surface area (Å²) in [7, 11) is 0. The lowest BCUT2D eigenvalue weighted by molar-refractivity contribution is -0.114. The van der Waals surface area contributed by atoms with Crippen LogP contribution in [0.1, 0.15) is 22.8 Å². The van der Waals surface area contributed by atoms with Gasteiger partial charge in [-0.3, -0.25) is 9.59 Å². The van der Waals surface area contributed by atoms with Crippen molar-refractivity contribution in [2.75, 3.05) is 16.0 Å². The fourth-order valence-electron chi connectivity index (χ4n) is 2.55. The number of hydrogen-bond donors (Lipinski definition) is 3. The maximum Gasteiger partial charge on any atom is 0.257 e. The third-order valence-electron chi connectivity index (χ3n) is 3.76. The standard InChI is InChI=1S/C21H20N4O2/c1-14-5-3-6-17(11-14)25-21(27)16-9-10-20(22-13-16)24-19-8-4-7-18(12-19)23-15(2)26/h3-13H,1-2H3,(H,22,24)(H,23,26)(H,25,27). The zero-order chi connectivity index (χ0) is 19.2. The molecule has 0 saturated carbocycles. The molecule has 2 aromatic carbocycles. The molecule has 0 unspecified atom stereocenters. The zero-order valence-corrected chi connectivity index (χ0v) is 15.1. The van der Waals surface area contributed by atoms with Gasteiger partial charge in [0.05, 0.1) is 5.56 Å². The first-order valence-corrected chi connectivity index (χ1v) is 8.48. The summed E-state index contributed by atoms with van der Waals surface area (Å²) in [6, 6.07) is 18.4. The third-order valence-corrected chi connectivity index (χ3v) is 3.76. The minimum absolute atomic E-state index is 0.130. The molecule has 0 aliphatic carbocycles. The molecule has 0 saturated heterocycles.